The molecule has 0 bridgehead atoms. The van der Waals surface area contributed by atoms with Crippen LogP contribution >= 0.6 is 0 Å². The van der Waals surface area contributed by atoms with E-state index in [2.05, 4.69) is 4.90 Å². The molecule has 0 aromatic heterocycles. The Hall–Kier alpha value is -1.60. The second-order valence-electron chi connectivity index (χ2n) is 8.27. The average Bonchev–Trinajstić information content (AvgIpc) is 2.72. The van der Waals surface area contributed by atoms with Gasteiger partial charge < -0.3 is 9.64 Å². The highest BCUT2D eigenvalue weighted by Gasteiger charge is 2.38. The molecule has 4 nitrogen and oxygen atoms in total. The number of carbonyl (C=O) groups is 1. The number of hydrogen-bond acceptors (Lipinski definition) is 3. The quantitative estimate of drug-likeness (QED) is 0.735. The van der Waals surface area contributed by atoms with Crippen molar-refractivity contribution in [2.24, 2.45) is 11.8 Å². The van der Waals surface area contributed by atoms with Crippen LogP contribution in [0, 0.1) is 29.3 Å². The number of halogens is 3. The number of fused-ring (bicyclic) bond motifs is 1. The fraction of sp³-hybridized carbons (Fsp3) is 0.667. The van der Waals surface area contributed by atoms with Gasteiger partial charge in [0.15, 0.2) is 17.5 Å². The summed E-state index contributed by atoms with van der Waals surface area (Å²) in [5.74, 6) is -2.99. The number of ether oxygens (including phenoxy) is 1. The van der Waals surface area contributed by atoms with Gasteiger partial charge in [-0.15, -0.1) is 0 Å². The van der Waals surface area contributed by atoms with E-state index in [1.165, 1.54) is 0 Å². The molecule has 7 heteroatoms. The molecule has 1 amide bonds. The van der Waals surface area contributed by atoms with Crippen molar-refractivity contribution in [3.05, 3.63) is 35.1 Å². The first-order valence-electron chi connectivity index (χ1n) is 10.3. The molecule has 3 aliphatic rings. The molecule has 0 saturated carbocycles. The SMILES string of the molecule is O=C(C1CCOCC1)N1CC[C@H]2[C@H](CCCN2Cc2cc(F)c(F)c(F)c2)C1. The Kier molecular flexibility index (Phi) is 5.92. The van der Waals surface area contributed by atoms with Crippen LogP contribution in [0.5, 0.6) is 0 Å². The molecule has 0 aliphatic carbocycles. The smallest absolute Gasteiger partial charge is 0.225 e. The van der Waals surface area contributed by atoms with Crippen LogP contribution in [-0.2, 0) is 16.1 Å². The van der Waals surface area contributed by atoms with Crippen molar-refractivity contribution >= 4 is 5.91 Å². The van der Waals surface area contributed by atoms with Crippen LogP contribution in [-0.4, -0.2) is 54.6 Å². The molecule has 3 saturated heterocycles. The van der Waals surface area contributed by atoms with Crippen LogP contribution in [0.4, 0.5) is 13.2 Å². The van der Waals surface area contributed by atoms with Gasteiger partial charge in [-0.2, -0.15) is 0 Å². The van der Waals surface area contributed by atoms with E-state index >= 15 is 0 Å². The molecule has 154 valence electrons. The van der Waals surface area contributed by atoms with Gasteiger partial charge in [-0.3, -0.25) is 9.69 Å². The van der Waals surface area contributed by atoms with Gasteiger partial charge >= 0.3 is 0 Å². The molecule has 0 N–H and O–H groups in total. The summed E-state index contributed by atoms with van der Waals surface area (Å²) < 4.78 is 45.7. The molecule has 1 aromatic carbocycles. The summed E-state index contributed by atoms with van der Waals surface area (Å²) in [7, 11) is 0. The van der Waals surface area contributed by atoms with Crippen molar-refractivity contribution in [3.8, 4) is 0 Å². The van der Waals surface area contributed by atoms with Gasteiger partial charge in [0.25, 0.3) is 0 Å². The van der Waals surface area contributed by atoms with Gasteiger partial charge in [0, 0.05) is 44.8 Å². The number of piperidine rings is 2. The molecule has 3 heterocycles. The lowest BCUT2D eigenvalue weighted by atomic mass is 9.83. The molecule has 2 atom stereocenters. The molecule has 28 heavy (non-hydrogen) atoms. The first-order chi connectivity index (χ1) is 13.5. The maximum absolute atomic E-state index is 13.6. The summed E-state index contributed by atoms with van der Waals surface area (Å²) in [6.07, 6.45) is 4.53. The molecule has 1 aromatic rings. The van der Waals surface area contributed by atoms with Crippen molar-refractivity contribution in [1.29, 1.82) is 0 Å². The van der Waals surface area contributed by atoms with Crippen LogP contribution in [0.3, 0.4) is 0 Å². The zero-order valence-electron chi connectivity index (χ0n) is 16.0. The Morgan fingerprint density at radius 3 is 2.46 bits per heavy atom. The monoisotopic (exact) mass is 396 g/mol. The van der Waals surface area contributed by atoms with Gasteiger partial charge in [0.1, 0.15) is 0 Å². The third-order valence-electron chi connectivity index (χ3n) is 6.49. The van der Waals surface area contributed by atoms with E-state index in [0.717, 1.165) is 63.9 Å². The average molecular weight is 396 g/mol. The van der Waals surface area contributed by atoms with Crippen molar-refractivity contribution in [2.75, 3.05) is 32.8 Å². The highest BCUT2D eigenvalue weighted by molar-refractivity contribution is 5.79. The summed E-state index contributed by atoms with van der Waals surface area (Å²) in [4.78, 5) is 17.1. The minimum absolute atomic E-state index is 0.0789. The second-order valence-corrected chi connectivity index (χ2v) is 8.27. The van der Waals surface area contributed by atoms with Crippen LogP contribution < -0.4 is 0 Å². The molecule has 0 spiro atoms. The molecular weight excluding hydrogens is 369 g/mol. The maximum atomic E-state index is 13.6. The number of benzene rings is 1. The predicted molar refractivity (Wildman–Crippen MR) is 98.0 cm³/mol. The topological polar surface area (TPSA) is 32.8 Å². The van der Waals surface area contributed by atoms with E-state index in [1.54, 1.807) is 0 Å². The van der Waals surface area contributed by atoms with E-state index in [4.69, 9.17) is 4.74 Å². The molecule has 0 radical (unpaired) electrons. The lowest BCUT2D eigenvalue weighted by Crippen LogP contribution is -2.55. The van der Waals surface area contributed by atoms with Crippen LogP contribution in [0.1, 0.15) is 37.7 Å². The zero-order valence-corrected chi connectivity index (χ0v) is 16.0. The third-order valence-corrected chi connectivity index (χ3v) is 6.49. The van der Waals surface area contributed by atoms with E-state index in [-0.39, 0.29) is 11.8 Å². The van der Waals surface area contributed by atoms with Crippen molar-refractivity contribution < 1.29 is 22.7 Å². The van der Waals surface area contributed by atoms with E-state index in [9.17, 15) is 18.0 Å². The first kappa shape index (κ1) is 19.7. The van der Waals surface area contributed by atoms with Gasteiger partial charge in [-0.05, 0) is 62.3 Å². The standard InChI is InChI=1S/C21H27F3N2O2/c22-17-10-14(11-18(23)20(17)24)12-25-6-1-2-16-13-26(7-3-19(16)25)21(27)15-4-8-28-9-5-15/h10-11,15-16,19H,1-9,12-13H2/t16-,19+/m1/s1. The second kappa shape index (κ2) is 8.41. The van der Waals surface area contributed by atoms with Gasteiger partial charge in [-0.25, -0.2) is 13.2 Å². The number of likely N-dealkylation sites (tertiary alicyclic amines) is 2. The molecule has 3 fully saturated rings. The number of hydrogen-bond donors (Lipinski definition) is 0. The van der Waals surface area contributed by atoms with Gasteiger partial charge in [0.05, 0.1) is 0 Å². The summed E-state index contributed by atoms with van der Waals surface area (Å²) >= 11 is 0. The summed E-state index contributed by atoms with van der Waals surface area (Å²) in [5.41, 5.74) is 0.456. The Balaban J connectivity index is 1.40. The summed E-state index contributed by atoms with van der Waals surface area (Å²) in [6.45, 7) is 4.06. The molecular formula is C21H27F3N2O2. The van der Waals surface area contributed by atoms with Crippen molar-refractivity contribution in [1.82, 2.24) is 9.80 Å². The molecule has 3 aliphatic heterocycles. The Morgan fingerprint density at radius 1 is 1.04 bits per heavy atom. The van der Waals surface area contributed by atoms with Crippen molar-refractivity contribution in [3.63, 3.8) is 0 Å². The van der Waals surface area contributed by atoms with E-state index in [1.807, 2.05) is 4.90 Å². The normalized spacial score (nSPS) is 26.9. The highest BCUT2D eigenvalue weighted by atomic mass is 19.2. The molecule has 4 rings (SSSR count). The number of rotatable bonds is 3. The van der Waals surface area contributed by atoms with Crippen LogP contribution in [0.25, 0.3) is 0 Å². The Bertz CT molecular complexity index is 701. The summed E-state index contributed by atoms with van der Waals surface area (Å²) in [5, 5.41) is 0. The fourth-order valence-corrected chi connectivity index (χ4v) is 5.04. The minimum atomic E-state index is -1.42. The lowest BCUT2D eigenvalue weighted by molar-refractivity contribution is -0.142. The summed E-state index contributed by atoms with van der Waals surface area (Å²) in [6, 6.07) is 2.47. The molecule has 0 unspecified atom stereocenters. The number of nitrogens with zero attached hydrogens (tertiary/aromatic N) is 2. The van der Waals surface area contributed by atoms with Gasteiger partial charge in [-0.1, -0.05) is 0 Å². The van der Waals surface area contributed by atoms with Crippen LogP contribution in [0.15, 0.2) is 12.1 Å². The van der Waals surface area contributed by atoms with E-state index < -0.39 is 17.5 Å². The first-order valence-corrected chi connectivity index (χ1v) is 10.3. The van der Waals surface area contributed by atoms with E-state index in [0.29, 0.717) is 37.3 Å². The Morgan fingerprint density at radius 2 is 1.75 bits per heavy atom. The van der Waals surface area contributed by atoms with Crippen molar-refractivity contribution in [2.45, 2.75) is 44.7 Å². The fourth-order valence-electron chi connectivity index (χ4n) is 5.04. The third kappa shape index (κ3) is 4.06. The van der Waals surface area contributed by atoms with Crippen LogP contribution in [0.2, 0.25) is 0 Å². The largest absolute Gasteiger partial charge is 0.381 e. The maximum Gasteiger partial charge on any atom is 0.225 e. The lowest BCUT2D eigenvalue weighted by Gasteiger charge is -2.48. The predicted octanol–water partition coefficient (Wildman–Crippen LogP) is 3.34. The van der Waals surface area contributed by atoms with Gasteiger partial charge in [0.2, 0.25) is 5.91 Å². The highest BCUT2D eigenvalue weighted by Crippen LogP contribution is 2.33. The minimum Gasteiger partial charge on any atom is -0.381 e. The number of amides is 1. The zero-order chi connectivity index (χ0) is 19.7. The Labute approximate surface area is 163 Å². The number of carbonyl (C=O) groups excluding carboxylic acids is 1.